The molecule has 0 radical (unpaired) electrons. The maximum absolute atomic E-state index is 6.10. The molecule has 0 aromatic heterocycles. The first-order chi connectivity index (χ1) is 11.0. The van der Waals surface area contributed by atoms with Gasteiger partial charge in [-0.3, -0.25) is 0 Å². The summed E-state index contributed by atoms with van der Waals surface area (Å²) in [5, 5.41) is 7.43. The van der Waals surface area contributed by atoms with Gasteiger partial charge in [0.15, 0.2) is 5.11 Å². The van der Waals surface area contributed by atoms with E-state index in [1.807, 2.05) is 43.3 Å². The molecule has 3 nitrogen and oxygen atoms in total. The van der Waals surface area contributed by atoms with Gasteiger partial charge in [0.05, 0.1) is 16.8 Å². The number of anilines is 1. The van der Waals surface area contributed by atoms with Gasteiger partial charge in [0.1, 0.15) is 12.4 Å². The molecule has 0 saturated heterocycles. The van der Waals surface area contributed by atoms with Crippen LogP contribution >= 0.6 is 23.8 Å². The van der Waals surface area contributed by atoms with Gasteiger partial charge in [-0.05, 0) is 68.4 Å². The normalized spacial score (nSPS) is 11.7. The second-order valence-electron chi connectivity index (χ2n) is 5.54. The molecular weight excluding hydrogens is 328 g/mol. The van der Waals surface area contributed by atoms with Gasteiger partial charge < -0.3 is 15.4 Å². The van der Waals surface area contributed by atoms with Crippen LogP contribution in [-0.4, -0.2) is 17.8 Å². The van der Waals surface area contributed by atoms with Crippen LogP contribution in [0, 0.1) is 13.8 Å². The van der Waals surface area contributed by atoms with Crippen LogP contribution < -0.4 is 15.4 Å². The van der Waals surface area contributed by atoms with Crippen molar-refractivity contribution >= 4 is 34.6 Å². The van der Waals surface area contributed by atoms with Crippen LogP contribution in [0.3, 0.4) is 0 Å². The number of aryl methyl sites for hydroxylation is 2. The second-order valence-corrected chi connectivity index (χ2v) is 6.35. The quantitative estimate of drug-likeness (QED) is 0.766. The molecule has 2 aromatic rings. The van der Waals surface area contributed by atoms with Crippen molar-refractivity contribution in [2.24, 2.45) is 0 Å². The van der Waals surface area contributed by atoms with E-state index in [4.69, 9.17) is 28.6 Å². The van der Waals surface area contributed by atoms with Gasteiger partial charge in [-0.1, -0.05) is 29.8 Å². The van der Waals surface area contributed by atoms with Crippen LogP contribution in [0.15, 0.2) is 42.5 Å². The Labute approximate surface area is 148 Å². The standard InChI is InChI=1S/C18H21ClN2OS/c1-12-8-9-15(10-13(12)2)22-11-14(3)20-18(23)21-17-7-5-4-6-16(17)19/h4-10,14H,11H2,1-3H3,(H2,20,21,23). The monoisotopic (exact) mass is 348 g/mol. The molecule has 0 saturated carbocycles. The lowest BCUT2D eigenvalue weighted by molar-refractivity contribution is 0.287. The summed E-state index contributed by atoms with van der Waals surface area (Å²) in [5.74, 6) is 0.867. The van der Waals surface area contributed by atoms with Crippen molar-refractivity contribution in [3.8, 4) is 5.75 Å². The molecule has 0 amide bonds. The third-order valence-corrected chi connectivity index (χ3v) is 4.03. The first-order valence-corrected chi connectivity index (χ1v) is 8.26. The molecule has 1 unspecified atom stereocenters. The third-order valence-electron chi connectivity index (χ3n) is 3.48. The number of hydrogen-bond donors (Lipinski definition) is 2. The fraction of sp³-hybridized carbons (Fsp3) is 0.278. The summed E-state index contributed by atoms with van der Waals surface area (Å²) in [6.07, 6.45) is 0. The molecule has 0 aliphatic carbocycles. The first kappa shape index (κ1) is 17.6. The number of benzene rings is 2. The molecule has 23 heavy (non-hydrogen) atoms. The average Bonchev–Trinajstić information content (AvgIpc) is 2.51. The predicted octanol–water partition coefficient (Wildman–Crippen LogP) is 4.71. The Morgan fingerprint density at radius 2 is 1.91 bits per heavy atom. The van der Waals surface area contributed by atoms with Gasteiger partial charge in [0, 0.05) is 0 Å². The fourth-order valence-electron chi connectivity index (χ4n) is 2.01. The number of hydrogen-bond acceptors (Lipinski definition) is 2. The van der Waals surface area contributed by atoms with Gasteiger partial charge in [0.2, 0.25) is 0 Å². The zero-order valence-corrected chi connectivity index (χ0v) is 15.1. The van der Waals surface area contributed by atoms with Gasteiger partial charge in [0.25, 0.3) is 0 Å². The molecule has 122 valence electrons. The van der Waals surface area contributed by atoms with Gasteiger partial charge in [-0.25, -0.2) is 0 Å². The predicted molar refractivity (Wildman–Crippen MR) is 102 cm³/mol. The van der Waals surface area contributed by atoms with Crippen LogP contribution in [0.1, 0.15) is 18.1 Å². The number of halogens is 1. The molecule has 0 aliphatic heterocycles. The average molecular weight is 349 g/mol. The molecule has 2 aromatic carbocycles. The highest BCUT2D eigenvalue weighted by Gasteiger charge is 2.07. The van der Waals surface area contributed by atoms with Crippen molar-refractivity contribution in [3.63, 3.8) is 0 Å². The van der Waals surface area contributed by atoms with Gasteiger partial charge in [-0.2, -0.15) is 0 Å². The van der Waals surface area contributed by atoms with E-state index in [1.165, 1.54) is 11.1 Å². The summed E-state index contributed by atoms with van der Waals surface area (Å²) in [6.45, 7) is 6.70. The van der Waals surface area contributed by atoms with E-state index in [1.54, 1.807) is 0 Å². The summed E-state index contributed by atoms with van der Waals surface area (Å²) >= 11 is 11.4. The van der Waals surface area contributed by atoms with Crippen molar-refractivity contribution < 1.29 is 4.74 Å². The van der Waals surface area contributed by atoms with Crippen molar-refractivity contribution in [1.29, 1.82) is 0 Å². The lowest BCUT2D eigenvalue weighted by atomic mass is 10.1. The highest BCUT2D eigenvalue weighted by atomic mass is 35.5. The Bertz CT molecular complexity index is 690. The van der Waals surface area contributed by atoms with Gasteiger partial charge in [-0.15, -0.1) is 0 Å². The Balaban J connectivity index is 1.82. The number of para-hydroxylation sites is 1. The zero-order valence-electron chi connectivity index (χ0n) is 13.5. The lowest BCUT2D eigenvalue weighted by Crippen LogP contribution is -2.39. The maximum Gasteiger partial charge on any atom is 0.171 e. The minimum atomic E-state index is 0.0686. The molecule has 2 rings (SSSR count). The summed E-state index contributed by atoms with van der Waals surface area (Å²) in [6, 6.07) is 13.6. The summed E-state index contributed by atoms with van der Waals surface area (Å²) in [7, 11) is 0. The van der Waals surface area contributed by atoms with E-state index in [9.17, 15) is 0 Å². The Kier molecular flexibility index (Phi) is 6.25. The van der Waals surface area contributed by atoms with E-state index in [-0.39, 0.29) is 6.04 Å². The molecule has 0 bridgehead atoms. The van der Waals surface area contributed by atoms with E-state index >= 15 is 0 Å². The minimum Gasteiger partial charge on any atom is -0.491 e. The van der Waals surface area contributed by atoms with E-state index in [2.05, 4.69) is 30.5 Å². The van der Waals surface area contributed by atoms with Crippen molar-refractivity contribution in [3.05, 3.63) is 58.6 Å². The molecule has 0 spiro atoms. The largest absolute Gasteiger partial charge is 0.491 e. The molecule has 1 atom stereocenters. The Morgan fingerprint density at radius 1 is 1.17 bits per heavy atom. The van der Waals surface area contributed by atoms with E-state index in [0.29, 0.717) is 16.7 Å². The molecular formula is C18H21ClN2OS. The third kappa shape index (κ3) is 5.41. The number of rotatable bonds is 5. The Hall–Kier alpha value is -1.78. The van der Waals surface area contributed by atoms with Crippen LogP contribution in [0.5, 0.6) is 5.75 Å². The van der Waals surface area contributed by atoms with Gasteiger partial charge >= 0.3 is 0 Å². The molecule has 0 fully saturated rings. The Morgan fingerprint density at radius 3 is 2.61 bits per heavy atom. The summed E-state index contributed by atoms with van der Waals surface area (Å²) < 4.78 is 5.80. The highest BCUT2D eigenvalue weighted by Crippen LogP contribution is 2.20. The highest BCUT2D eigenvalue weighted by molar-refractivity contribution is 7.80. The lowest BCUT2D eigenvalue weighted by Gasteiger charge is -2.18. The van der Waals surface area contributed by atoms with E-state index in [0.717, 1.165) is 11.4 Å². The van der Waals surface area contributed by atoms with Crippen LogP contribution in [0.4, 0.5) is 5.69 Å². The smallest absolute Gasteiger partial charge is 0.171 e. The van der Waals surface area contributed by atoms with E-state index < -0.39 is 0 Å². The maximum atomic E-state index is 6.10. The molecule has 2 N–H and O–H groups in total. The SMILES string of the molecule is Cc1ccc(OCC(C)NC(=S)Nc2ccccc2Cl)cc1C. The minimum absolute atomic E-state index is 0.0686. The summed E-state index contributed by atoms with van der Waals surface area (Å²) in [5.41, 5.74) is 3.27. The molecule has 5 heteroatoms. The van der Waals surface area contributed by atoms with Crippen molar-refractivity contribution in [2.75, 3.05) is 11.9 Å². The molecule has 0 aliphatic rings. The van der Waals surface area contributed by atoms with Crippen LogP contribution in [0.2, 0.25) is 5.02 Å². The second kappa shape index (κ2) is 8.18. The first-order valence-electron chi connectivity index (χ1n) is 7.48. The summed E-state index contributed by atoms with van der Waals surface area (Å²) in [4.78, 5) is 0. The van der Waals surface area contributed by atoms with Crippen LogP contribution in [0.25, 0.3) is 0 Å². The fourth-order valence-corrected chi connectivity index (χ4v) is 2.51. The number of ether oxygens (including phenoxy) is 1. The number of nitrogens with one attached hydrogen (secondary N) is 2. The van der Waals surface area contributed by atoms with Crippen LogP contribution in [-0.2, 0) is 0 Å². The zero-order chi connectivity index (χ0) is 16.8. The van der Waals surface area contributed by atoms with Crippen molar-refractivity contribution in [1.82, 2.24) is 5.32 Å². The topological polar surface area (TPSA) is 33.3 Å². The van der Waals surface area contributed by atoms with Crippen molar-refractivity contribution in [2.45, 2.75) is 26.8 Å². The molecule has 0 heterocycles. The number of thiocarbonyl (C=S) groups is 1.